The molecule has 1 rings (SSSR count). The van der Waals surface area contributed by atoms with Crippen molar-refractivity contribution in [2.75, 3.05) is 0 Å². The highest BCUT2D eigenvalue weighted by molar-refractivity contribution is 7.62. The van der Waals surface area contributed by atoms with Crippen LogP contribution in [0.2, 0.25) is 0 Å². The summed E-state index contributed by atoms with van der Waals surface area (Å²) in [6.07, 6.45) is 1.65. The van der Waals surface area contributed by atoms with Crippen molar-refractivity contribution in [3.8, 4) is 0 Å². The van der Waals surface area contributed by atoms with Crippen LogP contribution >= 0.6 is 7.44 Å². The average molecular weight is 182 g/mol. The molecule has 0 heterocycles. The quantitative estimate of drug-likeness (QED) is 0.685. The van der Waals surface area contributed by atoms with E-state index in [-0.39, 0.29) is 0 Å². The minimum Gasteiger partial charge on any atom is -0.285 e. The van der Waals surface area contributed by atoms with E-state index in [0.29, 0.717) is 0 Å². The van der Waals surface area contributed by atoms with E-state index < -0.39 is 7.44 Å². The third-order valence-electron chi connectivity index (χ3n) is 1.30. The van der Waals surface area contributed by atoms with Gasteiger partial charge in [-0.05, 0) is 11.6 Å². The standard InChI is InChI=1S/C8H11N2OP/c9-12(10,11)7-6-8-4-2-1-3-5-8/h1-7H,(H4,9,10,11)/b7-6+. The highest BCUT2D eigenvalue weighted by Crippen LogP contribution is 2.27. The van der Waals surface area contributed by atoms with Crippen LogP contribution in [0.1, 0.15) is 5.56 Å². The number of rotatable bonds is 2. The van der Waals surface area contributed by atoms with Crippen LogP contribution in [-0.2, 0) is 4.57 Å². The Hall–Kier alpha value is -0.890. The molecule has 0 radical (unpaired) electrons. The van der Waals surface area contributed by atoms with E-state index in [4.69, 9.17) is 11.0 Å². The minimum absolute atomic E-state index is 0.939. The fraction of sp³-hybridized carbons (Fsp3) is 0. The van der Waals surface area contributed by atoms with E-state index in [1.807, 2.05) is 30.3 Å². The van der Waals surface area contributed by atoms with Crippen molar-refractivity contribution in [1.82, 2.24) is 0 Å². The van der Waals surface area contributed by atoms with Crippen LogP contribution in [0.4, 0.5) is 0 Å². The maximum Gasteiger partial charge on any atom is 0.228 e. The van der Waals surface area contributed by atoms with E-state index in [1.54, 1.807) is 6.08 Å². The van der Waals surface area contributed by atoms with Gasteiger partial charge in [0.1, 0.15) is 0 Å². The lowest BCUT2D eigenvalue weighted by Crippen LogP contribution is -2.00. The van der Waals surface area contributed by atoms with Gasteiger partial charge in [0.2, 0.25) is 7.44 Å². The van der Waals surface area contributed by atoms with Crippen LogP contribution in [0, 0.1) is 0 Å². The van der Waals surface area contributed by atoms with Gasteiger partial charge in [-0.1, -0.05) is 30.3 Å². The van der Waals surface area contributed by atoms with Crippen molar-refractivity contribution in [1.29, 1.82) is 0 Å². The molecule has 4 N–H and O–H groups in total. The van der Waals surface area contributed by atoms with Gasteiger partial charge in [-0.25, -0.2) is 0 Å². The normalized spacial score (nSPS) is 12.2. The van der Waals surface area contributed by atoms with Crippen molar-refractivity contribution < 1.29 is 4.57 Å². The predicted molar refractivity (Wildman–Crippen MR) is 51.5 cm³/mol. The Morgan fingerprint density at radius 1 is 1.17 bits per heavy atom. The zero-order chi connectivity index (χ0) is 9.03. The van der Waals surface area contributed by atoms with E-state index >= 15 is 0 Å². The van der Waals surface area contributed by atoms with Crippen molar-refractivity contribution in [3.63, 3.8) is 0 Å². The topological polar surface area (TPSA) is 69.1 Å². The molecule has 0 amide bonds. The SMILES string of the molecule is NP(N)(=O)/C=C/c1ccccc1. The summed E-state index contributed by atoms with van der Waals surface area (Å²) < 4.78 is 10.9. The molecule has 0 aliphatic heterocycles. The highest BCUT2D eigenvalue weighted by atomic mass is 31.2. The molecule has 12 heavy (non-hydrogen) atoms. The molecule has 0 aromatic heterocycles. The average Bonchev–Trinajstić information content (AvgIpc) is 2.02. The molecule has 0 aliphatic carbocycles. The summed E-state index contributed by atoms with van der Waals surface area (Å²) >= 11 is 0. The van der Waals surface area contributed by atoms with Crippen molar-refractivity contribution in [3.05, 3.63) is 41.7 Å². The van der Waals surface area contributed by atoms with E-state index in [1.165, 1.54) is 5.82 Å². The number of benzene rings is 1. The lowest BCUT2D eigenvalue weighted by atomic mass is 10.2. The van der Waals surface area contributed by atoms with E-state index in [0.717, 1.165) is 5.56 Å². The smallest absolute Gasteiger partial charge is 0.228 e. The van der Waals surface area contributed by atoms with Crippen LogP contribution in [0.5, 0.6) is 0 Å². The summed E-state index contributed by atoms with van der Waals surface area (Å²) in [6, 6.07) is 9.44. The molecule has 0 spiro atoms. The number of nitrogens with two attached hydrogens (primary N) is 2. The summed E-state index contributed by atoms with van der Waals surface area (Å²) in [5.74, 6) is 1.34. The van der Waals surface area contributed by atoms with Crippen molar-refractivity contribution in [2.45, 2.75) is 0 Å². The molecule has 1 aromatic rings. The highest BCUT2D eigenvalue weighted by Gasteiger charge is 1.99. The maximum atomic E-state index is 10.9. The summed E-state index contributed by atoms with van der Waals surface area (Å²) in [7, 11) is -3.01. The molecule has 0 atom stereocenters. The zero-order valence-corrected chi connectivity index (χ0v) is 7.45. The predicted octanol–water partition coefficient (Wildman–Crippen LogP) is 1.77. The Kier molecular flexibility index (Phi) is 2.82. The van der Waals surface area contributed by atoms with Crippen LogP contribution in [-0.4, -0.2) is 0 Å². The molecular formula is C8H11N2OP. The Morgan fingerprint density at radius 2 is 1.75 bits per heavy atom. The molecule has 1 aromatic carbocycles. The fourth-order valence-electron chi connectivity index (χ4n) is 0.767. The Labute approximate surface area is 71.6 Å². The first kappa shape index (κ1) is 9.20. The van der Waals surface area contributed by atoms with Gasteiger partial charge in [0.15, 0.2) is 0 Å². The van der Waals surface area contributed by atoms with Crippen LogP contribution < -0.4 is 11.0 Å². The lowest BCUT2D eigenvalue weighted by Gasteiger charge is -1.96. The van der Waals surface area contributed by atoms with Gasteiger partial charge in [0, 0.05) is 5.82 Å². The van der Waals surface area contributed by atoms with Crippen LogP contribution in [0.25, 0.3) is 6.08 Å². The van der Waals surface area contributed by atoms with Gasteiger partial charge < -0.3 is 0 Å². The third kappa shape index (κ3) is 3.49. The monoisotopic (exact) mass is 182 g/mol. The van der Waals surface area contributed by atoms with Gasteiger partial charge in [-0.2, -0.15) is 0 Å². The van der Waals surface area contributed by atoms with Gasteiger partial charge >= 0.3 is 0 Å². The van der Waals surface area contributed by atoms with Gasteiger partial charge in [-0.15, -0.1) is 0 Å². The van der Waals surface area contributed by atoms with Crippen molar-refractivity contribution >= 4 is 13.5 Å². The first-order valence-electron chi connectivity index (χ1n) is 3.49. The zero-order valence-electron chi connectivity index (χ0n) is 6.55. The minimum atomic E-state index is -3.01. The molecule has 3 nitrogen and oxygen atoms in total. The molecule has 0 fully saturated rings. The van der Waals surface area contributed by atoms with E-state index in [2.05, 4.69) is 0 Å². The largest absolute Gasteiger partial charge is 0.285 e. The molecule has 64 valence electrons. The second kappa shape index (κ2) is 3.68. The van der Waals surface area contributed by atoms with Crippen molar-refractivity contribution in [2.24, 2.45) is 11.0 Å². The summed E-state index contributed by atoms with van der Waals surface area (Å²) in [6.45, 7) is 0. The van der Waals surface area contributed by atoms with Gasteiger partial charge in [0.05, 0.1) is 0 Å². The van der Waals surface area contributed by atoms with Crippen LogP contribution in [0.15, 0.2) is 36.1 Å². The molecule has 0 saturated heterocycles. The Morgan fingerprint density at radius 3 is 2.25 bits per heavy atom. The number of hydrogen-bond donors (Lipinski definition) is 2. The third-order valence-corrected chi connectivity index (χ3v) is 1.91. The van der Waals surface area contributed by atoms with Gasteiger partial charge in [0.25, 0.3) is 0 Å². The van der Waals surface area contributed by atoms with E-state index in [9.17, 15) is 4.57 Å². The summed E-state index contributed by atoms with van der Waals surface area (Å²) in [4.78, 5) is 0. The Bertz CT molecular complexity index is 315. The summed E-state index contributed by atoms with van der Waals surface area (Å²) in [5, 5.41) is 0. The second-order valence-electron chi connectivity index (χ2n) is 2.49. The second-order valence-corrected chi connectivity index (χ2v) is 4.31. The molecule has 0 bridgehead atoms. The van der Waals surface area contributed by atoms with Crippen LogP contribution in [0.3, 0.4) is 0 Å². The molecule has 4 heteroatoms. The first-order chi connectivity index (χ1) is 5.58. The van der Waals surface area contributed by atoms with Gasteiger partial charge in [-0.3, -0.25) is 15.6 Å². The summed E-state index contributed by atoms with van der Waals surface area (Å²) in [5.41, 5.74) is 11.2. The number of hydrogen-bond acceptors (Lipinski definition) is 1. The fourth-order valence-corrected chi connectivity index (χ4v) is 1.17. The maximum absolute atomic E-state index is 10.9. The first-order valence-corrected chi connectivity index (χ1v) is 5.40. The molecule has 0 saturated carbocycles. The Balaban J connectivity index is 2.78. The molecular weight excluding hydrogens is 171 g/mol. The molecule has 0 aliphatic rings. The lowest BCUT2D eigenvalue weighted by molar-refractivity contribution is 0.583. The molecule has 0 unspecified atom stereocenters.